The number of hydrogen-bond donors (Lipinski definition) is 0. The summed E-state index contributed by atoms with van der Waals surface area (Å²) in [6.07, 6.45) is 11.6. The van der Waals surface area contributed by atoms with Crippen LogP contribution in [0.3, 0.4) is 0 Å². The van der Waals surface area contributed by atoms with Gasteiger partial charge in [0.25, 0.3) is 0 Å². The molecule has 22 heavy (non-hydrogen) atoms. The quantitative estimate of drug-likeness (QED) is 0.383. The van der Waals surface area contributed by atoms with Gasteiger partial charge in [0, 0.05) is 19.3 Å². The highest BCUT2D eigenvalue weighted by molar-refractivity contribution is 9.11. The Balaban J connectivity index is 3.59. The Morgan fingerprint density at radius 3 is 2.64 bits per heavy atom. The minimum Gasteiger partial charge on any atom is -0.469 e. The molecule has 0 bridgehead atoms. The van der Waals surface area contributed by atoms with E-state index in [4.69, 9.17) is 0 Å². The van der Waals surface area contributed by atoms with Gasteiger partial charge >= 0.3 is 5.97 Å². The highest BCUT2D eigenvalue weighted by Crippen LogP contribution is 1.99. The van der Waals surface area contributed by atoms with Gasteiger partial charge < -0.3 is 4.74 Å². The number of methoxy groups -OCH3 is 1. The van der Waals surface area contributed by atoms with Crippen molar-refractivity contribution in [3.05, 3.63) is 23.2 Å². The highest BCUT2D eigenvalue weighted by atomic mass is 79.9. The summed E-state index contributed by atoms with van der Waals surface area (Å²) >= 11 is 3.17. The molecule has 116 valence electrons. The van der Waals surface area contributed by atoms with Crippen molar-refractivity contribution in [1.29, 1.82) is 0 Å². The Morgan fingerprint density at radius 2 is 1.86 bits per heavy atom. The third-order valence-electron chi connectivity index (χ3n) is 2.51. The summed E-state index contributed by atoms with van der Waals surface area (Å²) < 4.78 is 4.54. The Hall–Kier alpha value is -1.89. The number of esters is 1. The topological polar surface area (TPSA) is 26.3 Å². The molecule has 0 aromatic heterocycles. The van der Waals surface area contributed by atoms with Crippen LogP contribution in [0.2, 0.25) is 0 Å². The van der Waals surface area contributed by atoms with Gasteiger partial charge in [0.05, 0.1) is 7.11 Å². The largest absolute Gasteiger partial charge is 0.469 e. The number of carbonyl (C=O) groups excluding carboxylic acids is 1. The monoisotopic (exact) mass is 360 g/mol. The van der Waals surface area contributed by atoms with Gasteiger partial charge in [-0.1, -0.05) is 45.7 Å². The first kappa shape index (κ1) is 20.1. The first-order valence-corrected chi connectivity index (χ1v) is 8.16. The fourth-order valence-corrected chi connectivity index (χ4v) is 1.52. The van der Waals surface area contributed by atoms with Gasteiger partial charge in [-0.2, -0.15) is 0 Å². The Kier molecular flexibility index (Phi) is 15.7. The van der Waals surface area contributed by atoms with Gasteiger partial charge in [-0.25, -0.2) is 0 Å². The molecule has 0 saturated carbocycles. The maximum Gasteiger partial charge on any atom is 0.305 e. The van der Waals surface area contributed by atoms with Crippen molar-refractivity contribution in [3.63, 3.8) is 0 Å². The molecule has 0 unspecified atom stereocenters. The van der Waals surface area contributed by atoms with E-state index in [0.29, 0.717) is 19.3 Å². The maximum atomic E-state index is 10.8. The van der Waals surface area contributed by atoms with E-state index in [1.807, 2.05) is 6.08 Å². The second kappa shape index (κ2) is 17.2. The number of unbranched alkanes of at least 4 members (excludes halogenated alkanes) is 4. The summed E-state index contributed by atoms with van der Waals surface area (Å²) in [6.45, 7) is 0. The molecular weight excluding hydrogens is 340 g/mol. The van der Waals surface area contributed by atoms with E-state index in [-0.39, 0.29) is 5.97 Å². The molecular formula is C19H21BrO2. The van der Waals surface area contributed by atoms with Crippen molar-refractivity contribution in [3.8, 4) is 35.5 Å². The van der Waals surface area contributed by atoms with Crippen LogP contribution in [0.1, 0.15) is 44.9 Å². The molecule has 0 saturated heterocycles. The van der Waals surface area contributed by atoms with E-state index in [1.54, 1.807) is 11.1 Å². The van der Waals surface area contributed by atoms with Crippen molar-refractivity contribution >= 4 is 21.9 Å². The zero-order chi connectivity index (χ0) is 16.3. The van der Waals surface area contributed by atoms with Crippen molar-refractivity contribution < 1.29 is 9.53 Å². The van der Waals surface area contributed by atoms with E-state index in [2.05, 4.69) is 62.3 Å². The number of halogens is 1. The van der Waals surface area contributed by atoms with E-state index < -0.39 is 0 Å². The summed E-state index contributed by atoms with van der Waals surface area (Å²) in [6, 6.07) is 0. The second-order valence-corrected chi connectivity index (χ2v) is 4.79. The lowest BCUT2D eigenvalue weighted by atomic mass is 10.2. The first-order chi connectivity index (χ1) is 10.8. The van der Waals surface area contributed by atoms with Gasteiger partial charge in [-0.3, -0.25) is 4.79 Å². The Labute approximate surface area is 142 Å². The number of hydrogen-bond acceptors (Lipinski definition) is 2. The molecule has 0 aromatic carbocycles. The molecule has 0 radical (unpaired) electrons. The molecule has 0 aliphatic carbocycles. The average molecular weight is 361 g/mol. The second-order valence-electron chi connectivity index (χ2n) is 4.26. The number of rotatable bonds is 7. The lowest BCUT2D eigenvalue weighted by molar-refractivity contribution is -0.140. The van der Waals surface area contributed by atoms with E-state index in [9.17, 15) is 4.79 Å². The summed E-state index contributed by atoms with van der Waals surface area (Å²) in [7, 11) is 1.39. The summed E-state index contributed by atoms with van der Waals surface area (Å²) in [4.78, 5) is 12.6. The van der Waals surface area contributed by atoms with Crippen LogP contribution in [0.25, 0.3) is 0 Å². The lowest BCUT2D eigenvalue weighted by Gasteiger charge is -1.93. The fourth-order valence-electron chi connectivity index (χ4n) is 1.39. The third kappa shape index (κ3) is 16.2. The zero-order valence-corrected chi connectivity index (χ0v) is 14.5. The molecule has 0 rings (SSSR count). The number of ether oxygens (including phenoxy) is 1. The molecule has 0 heterocycles. The van der Waals surface area contributed by atoms with Crippen LogP contribution >= 0.6 is 15.9 Å². The molecule has 0 atom stereocenters. The van der Waals surface area contributed by atoms with Gasteiger partial charge in [0.1, 0.15) is 0 Å². The minimum atomic E-state index is -0.193. The maximum absolute atomic E-state index is 10.8. The Morgan fingerprint density at radius 1 is 1.05 bits per heavy atom. The lowest BCUT2D eigenvalue weighted by Crippen LogP contribution is -1.98. The average Bonchev–Trinajstić information content (AvgIpc) is 2.54. The van der Waals surface area contributed by atoms with Crippen LogP contribution in [0.15, 0.2) is 23.2 Å². The summed E-state index contributed by atoms with van der Waals surface area (Å²) in [5, 5.41) is 0. The normalized spacial score (nSPS) is 9.36. The molecule has 0 aliphatic heterocycles. The van der Waals surface area contributed by atoms with E-state index >= 15 is 0 Å². The molecule has 3 heteroatoms. The van der Waals surface area contributed by atoms with Crippen molar-refractivity contribution in [2.45, 2.75) is 44.9 Å². The number of allylic oxidation sites excluding steroid dienone is 3. The predicted molar refractivity (Wildman–Crippen MR) is 94.9 cm³/mol. The van der Waals surface area contributed by atoms with Crippen LogP contribution in [0, 0.1) is 35.5 Å². The molecule has 0 spiro atoms. The smallest absolute Gasteiger partial charge is 0.305 e. The van der Waals surface area contributed by atoms with Gasteiger partial charge in [0.15, 0.2) is 0 Å². The van der Waals surface area contributed by atoms with Crippen molar-refractivity contribution in [2.75, 3.05) is 7.11 Å². The summed E-state index contributed by atoms with van der Waals surface area (Å²) in [5.41, 5.74) is 0. The van der Waals surface area contributed by atoms with Gasteiger partial charge in [0.2, 0.25) is 0 Å². The predicted octanol–water partition coefficient (Wildman–Crippen LogP) is 4.37. The van der Waals surface area contributed by atoms with Crippen LogP contribution in [0.5, 0.6) is 0 Å². The molecule has 0 N–H and O–H groups in total. The first-order valence-electron chi connectivity index (χ1n) is 7.25. The number of carbonyl (C=O) groups is 1. The van der Waals surface area contributed by atoms with E-state index in [0.717, 1.165) is 25.7 Å². The van der Waals surface area contributed by atoms with E-state index in [1.165, 1.54) is 7.11 Å². The molecule has 0 amide bonds. The third-order valence-corrected chi connectivity index (χ3v) is 2.77. The van der Waals surface area contributed by atoms with Crippen LogP contribution in [-0.2, 0) is 9.53 Å². The summed E-state index contributed by atoms with van der Waals surface area (Å²) in [5.74, 6) is 17.1. The van der Waals surface area contributed by atoms with Crippen LogP contribution < -0.4 is 0 Å². The van der Waals surface area contributed by atoms with Crippen LogP contribution in [0.4, 0.5) is 0 Å². The fraction of sp³-hybridized carbons (Fsp3) is 0.421. The minimum absolute atomic E-state index is 0.193. The zero-order valence-electron chi connectivity index (χ0n) is 13.0. The SMILES string of the molecule is COC(=O)CCCC#CC#C/C=C\CCCCC#C/C=C\Br. The highest BCUT2D eigenvalue weighted by Gasteiger charge is 1.96. The Bertz CT molecular complexity index is 539. The van der Waals surface area contributed by atoms with Gasteiger partial charge in [-0.15, -0.1) is 0 Å². The van der Waals surface area contributed by atoms with Crippen molar-refractivity contribution in [2.24, 2.45) is 0 Å². The molecule has 0 fully saturated rings. The van der Waals surface area contributed by atoms with Crippen molar-refractivity contribution in [1.82, 2.24) is 0 Å². The molecule has 2 nitrogen and oxygen atoms in total. The molecule has 0 aliphatic rings. The molecule has 0 aromatic rings. The van der Waals surface area contributed by atoms with Crippen LogP contribution in [-0.4, -0.2) is 13.1 Å². The standard InChI is InChI=1S/C19H21BrO2/c1-22-19(21)17-15-13-11-9-7-5-3-2-4-6-8-10-12-14-16-18-20/h2-3,16,18H,4,6,8,10,13,15,17H2,1H3/b3-2-,18-16-. The van der Waals surface area contributed by atoms with Gasteiger partial charge in [-0.05, 0) is 54.7 Å².